The number of rotatable bonds is 0. The van der Waals surface area contributed by atoms with E-state index in [2.05, 4.69) is 0 Å². The molecular weight excluding hydrogens is 94.0 g/mol. The number of halogens is 4. The summed E-state index contributed by atoms with van der Waals surface area (Å²) in [6.45, 7) is 0. The van der Waals surface area contributed by atoms with Gasteiger partial charge in [-0.2, -0.15) is 0 Å². The molecule has 0 fully saturated rings. The molecule has 0 aromatic rings. The van der Waals surface area contributed by atoms with Crippen molar-refractivity contribution in [1.82, 2.24) is 5.57 Å². The molecule has 0 atom stereocenters. The van der Waals surface area contributed by atoms with E-state index in [-0.39, 0.29) is 10.9 Å². The summed E-state index contributed by atoms with van der Waals surface area (Å²) in [6, 6.07) is 0. The molecule has 0 saturated heterocycles. The minimum absolute atomic E-state index is 0. The van der Waals surface area contributed by atoms with Crippen molar-refractivity contribution in [2.24, 2.45) is 0 Å². The molecule has 36 valence electrons. The van der Waals surface area contributed by atoms with Crippen molar-refractivity contribution in [3.8, 4) is 0 Å². The average molecular weight is 95.0 g/mol. The zero-order chi connectivity index (χ0) is 3.58. The Morgan fingerprint density at radius 3 is 1.00 bits per heavy atom. The van der Waals surface area contributed by atoms with Crippen LogP contribution in [-0.2, 0) is 0 Å². The topological polar surface area (TPSA) is 3.24 Å². The SMILES string of the molecule is F.FN(F)F.[He]. The summed E-state index contributed by atoms with van der Waals surface area (Å²) < 4.78 is 28.5. The maximum absolute atomic E-state index is 9.50. The summed E-state index contributed by atoms with van der Waals surface area (Å²) in [6.07, 6.45) is 0. The molecule has 0 radical (unpaired) electrons. The average Bonchev–Trinajstić information content (AvgIpc) is 0.811. The maximum Gasteiger partial charge on any atom is 0.199 e. The van der Waals surface area contributed by atoms with Crippen molar-refractivity contribution >= 4 is 0 Å². The third-order valence-corrected chi connectivity index (χ3v) is 0. The van der Waals surface area contributed by atoms with Gasteiger partial charge in [-0.15, -0.1) is 0 Å². The van der Waals surface area contributed by atoms with Crippen molar-refractivity contribution < 1.29 is 24.3 Å². The van der Waals surface area contributed by atoms with E-state index in [4.69, 9.17) is 0 Å². The van der Waals surface area contributed by atoms with Gasteiger partial charge in [-0.1, -0.05) is 13.4 Å². The Morgan fingerprint density at radius 1 is 1.00 bits per heavy atom. The summed E-state index contributed by atoms with van der Waals surface area (Å²) in [5.74, 6) is 0. The van der Waals surface area contributed by atoms with E-state index in [1.807, 2.05) is 0 Å². The van der Waals surface area contributed by atoms with E-state index in [9.17, 15) is 13.4 Å². The second-order valence-corrected chi connectivity index (χ2v) is 0.192. The Hall–Kier alpha value is -0.411. The zero-order valence-corrected chi connectivity index (χ0v) is 2.70. The normalized spacial score (nSPS) is 6.00. The molecule has 0 N–H and O–H groups in total. The van der Waals surface area contributed by atoms with Gasteiger partial charge < -0.3 is 0 Å². The molecule has 0 aromatic carbocycles. The Morgan fingerprint density at radius 2 is 1.00 bits per heavy atom. The third kappa shape index (κ3) is 142. The molecule has 0 aliphatic rings. The van der Waals surface area contributed by atoms with Crippen LogP contribution >= 0.6 is 0 Å². The molecule has 0 rings (SSSR count). The quantitative estimate of drug-likeness (QED) is 0.321. The largest absolute Gasteiger partial charge is 0.269 e. The van der Waals surface area contributed by atoms with Crippen molar-refractivity contribution in [2.45, 2.75) is 0 Å². The van der Waals surface area contributed by atoms with Gasteiger partial charge in [0, 0.05) is 6.15 Å². The Balaban J connectivity index is -0.0000000450. The molecule has 0 aliphatic carbocycles. The fraction of sp³-hybridized carbons (Fsp3) is 0. The van der Waals surface area contributed by atoms with E-state index in [0.29, 0.717) is 0 Å². The minimum Gasteiger partial charge on any atom is -0.269 e. The van der Waals surface area contributed by atoms with Gasteiger partial charge in [0.15, 0.2) is 5.57 Å². The van der Waals surface area contributed by atoms with Gasteiger partial charge in [-0.05, 0) is 0 Å². The molecule has 0 saturated carbocycles. The van der Waals surface area contributed by atoms with Gasteiger partial charge >= 0.3 is 0 Å². The number of hydrogen-bond donors (Lipinski definition) is 0. The Bertz CT molecular complexity index is 12.3. The second kappa shape index (κ2) is 8.82. The predicted octanol–water partition coefficient (Wildman–Crippen LogP) is 1.09. The molecule has 6 heteroatoms. The molecule has 0 amide bonds. The van der Waals surface area contributed by atoms with Crippen LogP contribution in [0.1, 0.15) is 0 Å². The van der Waals surface area contributed by atoms with Gasteiger partial charge in [-0.3, -0.25) is 4.70 Å². The van der Waals surface area contributed by atoms with Gasteiger partial charge in [0.05, 0.1) is 0 Å². The third-order valence-electron chi connectivity index (χ3n) is 0. The molecule has 6 heavy (non-hydrogen) atoms. The van der Waals surface area contributed by atoms with Crippen LogP contribution < -0.4 is 0 Å². The smallest absolute Gasteiger partial charge is 0.199 e. The summed E-state index contributed by atoms with van der Waals surface area (Å²) in [5, 5.41) is 0. The Kier molecular flexibility index (Phi) is 25.8. The van der Waals surface area contributed by atoms with E-state index >= 15 is 0 Å². The molecule has 0 heterocycles. The van der Waals surface area contributed by atoms with E-state index < -0.39 is 5.57 Å². The zero-order valence-electron chi connectivity index (χ0n) is 2.70. The first-order valence-corrected chi connectivity index (χ1v) is 0.507. The maximum atomic E-state index is 9.50. The van der Waals surface area contributed by atoms with Gasteiger partial charge in [-0.25, -0.2) is 0 Å². The van der Waals surface area contributed by atoms with Crippen LogP contribution in [0.5, 0.6) is 0 Å². The van der Waals surface area contributed by atoms with E-state index in [1.165, 1.54) is 0 Å². The summed E-state index contributed by atoms with van der Waals surface area (Å²) in [5.41, 5.74) is -2.50. The molecule has 1 nitrogen and oxygen atoms in total. The second-order valence-electron chi connectivity index (χ2n) is 0.192. The van der Waals surface area contributed by atoms with Crippen LogP contribution in [-0.4, -0.2) is 5.57 Å². The summed E-state index contributed by atoms with van der Waals surface area (Å²) >= 11 is 0. The van der Waals surface area contributed by atoms with Gasteiger partial charge in [0.2, 0.25) is 0 Å². The standard InChI is InChI=1S/F3N.FH.He/c1-4(2)3;;/h;1H;. The van der Waals surface area contributed by atoms with Crippen molar-refractivity contribution in [2.75, 3.05) is 0 Å². The molecule has 0 spiro atoms. The summed E-state index contributed by atoms with van der Waals surface area (Å²) in [7, 11) is 0. The molecule has 0 unspecified atom stereocenters. The van der Waals surface area contributed by atoms with Gasteiger partial charge in [0.25, 0.3) is 0 Å². The number of hydrogen-bond acceptors (Lipinski definition) is 1. The molecular formula is HF4HeN. The summed E-state index contributed by atoms with van der Waals surface area (Å²) in [4.78, 5) is 0. The van der Waals surface area contributed by atoms with E-state index in [1.54, 1.807) is 0 Å². The monoisotopic (exact) mass is 95.0 g/mol. The van der Waals surface area contributed by atoms with Crippen LogP contribution in [0.25, 0.3) is 0 Å². The first-order chi connectivity index (χ1) is 1.73. The van der Waals surface area contributed by atoms with Crippen molar-refractivity contribution in [1.29, 1.82) is 0 Å². The van der Waals surface area contributed by atoms with Crippen LogP contribution in [0, 0.1) is 6.15 Å². The predicted molar refractivity (Wildman–Crippen MR) is 7.67 cm³/mol. The van der Waals surface area contributed by atoms with Crippen LogP contribution in [0.4, 0.5) is 18.1 Å². The Labute approximate surface area is 31.3 Å². The van der Waals surface area contributed by atoms with Crippen molar-refractivity contribution in [3.63, 3.8) is 0 Å². The van der Waals surface area contributed by atoms with Crippen LogP contribution in [0.2, 0.25) is 0 Å². The van der Waals surface area contributed by atoms with Crippen molar-refractivity contribution in [3.05, 3.63) is 0 Å². The molecule has 0 aromatic heterocycles. The van der Waals surface area contributed by atoms with Crippen LogP contribution in [0.3, 0.4) is 0 Å². The van der Waals surface area contributed by atoms with Gasteiger partial charge in [0.1, 0.15) is 0 Å². The first kappa shape index (κ1) is 17.6. The molecule has 0 aliphatic heterocycles. The first-order valence-electron chi connectivity index (χ1n) is 0.507. The van der Waals surface area contributed by atoms with E-state index in [0.717, 1.165) is 0 Å². The molecule has 0 bridgehead atoms. The fourth-order valence-electron chi connectivity index (χ4n) is 0. The minimum atomic E-state index is -2.50. The fourth-order valence-corrected chi connectivity index (χ4v) is 0. The number of nitrogens with zero attached hydrogens (tertiary/aromatic N) is 1. The van der Waals surface area contributed by atoms with Crippen LogP contribution in [0.15, 0.2) is 0 Å².